The lowest BCUT2D eigenvalue weighted by Crippen LogP contribution is -2.28. The Morgan fingerprint density at radius 2 is 1.86 bits per heavy atom. The quantitative estimate of drug-likeness (QED) is 0.798. The molecule has 104 valence electrons. The minimum atomic E-state index is -0.300. The van der Waals surface area contributed by atoms with E-state index in [4.69, 9.17) is 0 Å². The molecule has 0 aliphatic rings. The van der Waals surface area contributed by atoms with Gasteiger partial charge >= 0.3 is 0 Å². The molecule has 1 amide bonds. The molecule has 5 heteroatoms. The summed E-state index contributed by atoms with van der Waals surface area (Å²) < 4.78 is 1.13. The molecule has 0 aliphatic heterocycles. The fourth-order valence-corrected chi connectivity index (χ4v) is 2.17. The largest absolute Gasteiger partial charge is 0.324 e. The fraction of sp³-hybridized carbons (Fsp3) is 0.0625. The molecular formula is C16H13N3O2. The van der Waals surface area contributed by atoms with Crippen molar-refractivity contribution in [3.8, 4) is 0 Å². The summed E-state index contributed by atoms with van der Waals surface area (Å²) in [4.78, 5) is 23.6. The Morgan fingerprint density at radius 3 is 2.71 bits per heavy atom. The monoisotopic (exact) mass is 279 g/mol. The van der Waals surface area contributed by atoms with E-state index in [-0.39, 0.29) is 18.0 Å². The molecule has 0 bridgehead atoms. The van der Waals surface area contributed by atoms with E-state index in [0.29, 0.717) is 0 Å². The Morgan fingerprint density at radius 1 is 1.05 bits per heavy atom. The molecular weight excluding hydrogens is 266 g/mol. The van der Waals surface area contributed by atoms with Crippen LogP contribution in [-0.2, 0) is 11.3 Å². The van der Waals surface area contributed by atoms with Gasteiger partial charge in [-0.05, 0) is 17.5 Å². The van der Waals surface area contributed by atoms with Gasteiger partial charge in [0.15, 0.2) is 0 Å². The van der Waals surface area contributed by atoms with Crippen LogP contribution in [0.3, 0.4) is 0 Å². The number of amides is 1. The van der Waals surface area contributed by atoms with Gasteiger partial charge in [0, 0.05) is 23.3 Å². The second-order valence-electron chi connectivity index (χ2n) is 4.59. The SMILES string of the molecule is O=C(Cn1ncccc1=O)Nc1cccc2ccccc12. The Kier molecular flexibility index (Phi) is 3.47. The van der Waals surface area contributed by atoms with E-state index in [2.05, 4.69) is 10.4 Å². The molecule has 0 radical (unpaired) electrons. The van der Waals surface area contributed by atoms with Crippen molar-refractivity contribution in [1.82, 2.24) is 9.78 Å². The van der Waals surface area contributed by atoms with Gasteiger partial charge in [0.1, 0.15) is 6.54 Å². The summed E-state index contributed by atoms with van der Waals surface area (Å²) in [6.45, 7) is -0.108. The number of anilines is 1. The first-order chi connectivity index (χ1) is 10.2. The Labute approximate surface area is 120 Å². The van der Waals surface area contributed by atoms with Gasteiger partial charge < -0.3 is 5.32 Å². The van der Waals surface area contributed by atoms with Crippen LogP contribution in [0.2, 0.25) is 0 Å². The van der Waals surface area contributed by atoms with Gasteiger partial charge in [-0.1, -0.05) is 36.4 Å². The van der Waals surface area contributed by atoms with Crippen LogP contribution in [-0.4, -0.2) is 15.7 Å². The van der Waals surface area contributed by atoms with Gasteiger partial charge in [0.05, 0.1) is 0 Å². The number of hydrogen-bond acceptors (Lipinski definition) is 3. The highest BCUT2D eigenvalue weighted by Gasteiger charge is 2.07. The Balaban J connectivity index is 1.84. The lowest BCUT2D eigenvalue weighted by molar-refractivity contribution is -0.117. The predicted molar refractivity (Wildman–Crippen MR) is 81.1 cm³/mol. The minimum absolute atomic E-state index is 0.108. The van der Waals surface area contributed by atoms with Crippen molar-refractivity contribution >= 4 is 22.4 Å². The first-order valence-electron chi connectivity index (χ1n) is 6.54. The van der Waals surface area contributed by atoms with Crippen LogP contribution in [0.5, 0.6) is 0 Å². The number of rotatable bonds is 3. The smallest absolute Gasteiger partial charge is 0.267 e. The highest BCUT2D eigenvalue weighted by Crippen LogP contribution is 2.22. The number of nitrogens with one attached hydrogen (secondary N) is 1. The molecule has 3 aromatic rings. The van der Waals surface area contributed by atoms with Crippen molar-refractivity contribution < 1.29 is 4.79 Å². The molecule has 0 atom stereocenters. The van der Waals surface area contributed by atoms with Crippen LogP contribution in [0.15, 0.2) is 65.6 Å². The average molecular weight is 279 g/mol. The minimum Gasteiger partial charge on any atom is -0.324 e. The van der Waals surface area contributed by atoms with Gasteiger partial charge in [-0.2, -0.15) is 5.10 Å². The van der Waals surface area contributed by atoms with Crippen molar-refractivity contribution in [2.75, 3.05) is 5.32 Å². The second-order valence-corrected chi connectivity index (χ2v) is 4.59. The first-order valence-corrected chi connectivity index (χ1v) is 6.54. The van der Waals surface area contributed by atoms with Crippen molar-refractivity contribution in [3.05, 3.63) is 71.1 Å². The molecule has 3 rings (SSSR count). The molecule has 1 aromatic heterocycles. The molecule has 0 saturated heterocycles. The maximum atomic E-state index is 12.1. The van der Waals surface area contributed by atoms with Gasteiger partial charge in [-0.15, -0.1) is 0 Å². The number of carbonyl (C=O) groups is 1. The zero-order valence-electron chi connectivity index (χ0n) is 11.2. The van der Waals surface area contributed by atoms with Crippen molar-refractivity contribution in [1.29, 1.82) is 0 Å². The molecule has 0 fully saturated rings. The first kappa shape index (κ1) is 13.1. The van der Waals surface area contributed by atoms with Crippen LogP contribution in [0, 0.1) is 0 Å². The number of benzene rings is 2. The van der Waals surface area contributed by atoms with E-state index >= 15 is 0 Å². The molecule has 1 N–H and O–H groups in total. The summed E-state index contributed by atoms with van der Waals surface area (Å²) in [5.74, 6) is -0.285. The third-order valence-electron chi connectivity index (χ3n) is 3.14. The van der Waals surface area contributed by atoms with E-state index < -0.39 is 0 Å². The van der Waals surface area contributed by atoms with Gasteiger partial charge in [0.2, 0.25) is 5.91 Å². The van der Waals surface area contributed by atoms with Crippen LogP contribution >= 0.6 is 0 Å². The van der Waals surface area contributed by atoms with Crippen LogP contribution < -0.4 is 10.9 Å². The summed E-state index contributed by atoms with van der Waals surface area (Å²) in [6, 6.07) is 16.4. The molecule has 0 spiro atoms. The van der Waals surface area contributed by atoms with Crippen molar-refractivity contribution in [2.24, 2.45) is 0 Å². The highest BCUT2D eigenvalue weighted by atomic mass is 16.2. The van der Waals surface area contributed by atoms with E-state index in [1.165, 1.54) is 12.3 Å². The second kappa shape index (κ2) is 5.58. The normalized spacial score (nSPS) is 10.5. The zero-order valence-corrected chi connectivity index (χ0v) is 11.2. The molecule has 2 aromatic carbocycles. The summed E-state index contributed by atoms with van der Waals surface area (Å²) in [5.41, 5.74) is 0.424. The molecule has 21 heavy (non-hydrogen) atoms. The van der Waals surface area contributed by atoms with Gasteiger partial charge in [0.25, 0.3) is 5.56 Å². The number of carbonyl (C=O) groups excluding carboxylic acids is 1. The lowest BCUT2D eigenvalue weighted by atomic mass is 10.1. The molecule has 1 heterocycles. The van der Waals surface area contributed by atoms with E-state index in [0.717, 1.165) is 21.1 Å². The number of hydrogen-bond donors (Lipinski definition) is 1. The summed E-state index contributed by atoms with van der Waals surface area (Å²) in [5, 5.41) is 8.69. The highest BCUT2D eigenvalue weighted by molar-refractivity contribution is 6.01. The zero-order chi connectivity index (χ0) is 14.7. The van der Waals surface area contributed by atoms with Crippen molar-refractivity contribution in [2.45, 2.75) is 6.54 Å². The van der Waals surface area contributed by atoms with E-state index in [1.807, 2.05) is 42.5 Å². The molecule has 5 nitrogen and oxygen atoms in total. The standard InChI is InChI=1S/C16H13N3O2/c20-15(11-19-16(21)9-4-10-17-19)18-14-8-3-6-12-5-1-2-7-13(12)14/h1-10H,11H2,(H,18,20). The number of fused-ring (bicyclic) bond motifs is 1. The van der Waals surface area contributed by atoms with Crippen molar-refractivity contribution in [3.63, 3.8) is 0 Å². The summed E-state index contributed by atoms with van der Waals surface area (Å²) in [6.07, 6.45) is 1.48. The predicted octanol–water partition coefficient (Wildman–Crippen LogP) is 2.04. The summed E-state index contributed by atoms with van der Waals surface area (Å²) >= 11 is 0. The average Bonchev–Trinajstić information content (AvgIpc) is 2.50. The number of aromatic nitrogens is 2. The van der Waals surface area contributed by atoms with Crippen LogP contribution in [0.25, 0.3) is 10.8 Å². The fourth-order valence-electron chi connectivity index (χ4n) is 2.17. The lowest BCUT2D eigenvalue weighted by Gasteiger charge is -2.09. The molecule has 0 unspecified atom stereocenters. The molecule has 0 aliphatic carbocycles. The third kappa shape index (κ3) is 2.81. The maximum Gasteiger partial charge on any atom is 0.267 e. The molecule has 0 saturated carbocycles. The Hall–Kier alpha value is -2.95. The van der Waals surface area contributed by atoms with Gasteiger partial charge in [-0.3, -0.25) is 9.59 Å². The van der Waals surface area contributed by atoms with E-state index in [1.54, 1.807) is 6.07 Å². The maximum absolute atomic E-state index is 12.1. The third-order valence-corrected chi connectivity index (χ3v) is 3.14. The topological polar surface area (TPSA) is 64.0 Å². The number of nitrogens with zero attached hydrogens (tertiary/aromatic N) is 2. The summed E-state index contributed by atoms with van der Waals surface area (Å²) in [7, 11) is 0. The van der Waals surface area contributed by atoms with Gasteiger partial charge in [-0.25, -0.2) is 4.68 Å². The van der Waals surface area contributed by atoms with Crippen LogP contribution in [0.4, 0.5) is 5.69 Å². The Bertz CT molecular complexity index is 850. The van der Waals surface area contributed by atoms with E-state index in [9.17, 15) is 9.59 Å². The van der Waals surface area contributed by atoms with Crippen LogP contribution in [0.1, 0.15) is 0 Å².